The Morgan fingerprint density at radius 2 is 1.57 bits per heavy atom. The van der Waals surface area contributed by atoms with Gasteiger partial charge in [-0.1, -0.05) is 0 Å². The van der Waals surface area contributed by atoms with Crippen molar-refractivity contribution in [2.75, 3.05) is 62.9 Å². The molecule has 1 aromatic carbocycles. The van der Waals surface area contributed by atoms with Gasteiger partial charge in [0, 0.05) is 37.6 Å². The van der Waals surface area contributed by atoms with Crippen LogP contribution in [0.25, 0.3) is 0 Å². The smallest absolute Gasteiger partial charge is 0.0701 e. The molecule has 0 saturated carbocycles. The predicted molar refractivity (Wildman–Crippen MR) is 83.5 cm³/mol. The van der Waals surface area contributed by atoms with Gasteiger partial charge in [-0.25, -0.2) is 0 Å². The molecule has 0 radical (unpaired) electrons. The number of rotatable bonds is 3. The van der Waals surface area contributed by atoms with Crippen LogP contribution in [-0.4, -0.2) is 63.5 Å². The van der Waals surface area contributed by atoms with E-state index in [9.17, 15) is 0 Å². The molecule has 6 nitrogen and oxygen atoms in total. The maximum atomic E-state index is 5.60. The summed E-state index contributed by atoms with van der Waals surface area (Å²) < 4.78 is 11.2. The number of hydrogen-bond donors (Lipinski definition) is 2. The molecule has 3 N–H and O–H groups in total. The lowest BCUT2D eigenvalue weighted by molar-refractivity contribution is 0.0669. The van der Waals surface area contributed by atoms with Gasteiger partial charge in [-0.2, -0.15) is 0 Å². The fourth-order valence-electron chi connectivity index (χ4n) is 2.93. The van der Waals surface area contributed by atoms with Crippen LogP contribution in [0, 0.1) is 0 Å². The number of piperazine rings is 1. The van der Waals surface area contributed by atoms with Crippen molar-refractivity contribution in [1.82, 2.24) is 4.90 Å². The number of benzene rings is 1. The van der Waals surface area contributed by atoms with Crippen LogP contribution in [0.3, 0.4) is 0 Å². The third kappa shape index (κ3) is 3.65. The zero-order chi connectivity index (χ0) is 14.5. The lowest BCUT2D eigenvalue weighted by atomic mass is 10.2. The molecule has 0 amide bonds. The van der Waals surface area contributed by atoms with E-state index in [-0.39, 0.29) is 0 Å². The first-order chi connectivity index (χ1) is 10.4. The van der Waals surface area contributed by atoms with Crippen LogP contribution in [0.5, 0.6) is 0 Å². The Morgan fingerprint density at radius 1 is 0.952 bits per heavy atom. The summed E-state index contributed by atoms with van der Waals surface area (Å²) in [7, 11) is 0. The highest BCUT2D eigenvalue weighted by atomic mass is 16.5. The van der Waals surface area contributed by atoms with Crippen LogP contribution in [0.2, 0.25) is 0 Å². The second-order valence-electron chi connectivity index (χ2n) is 5.52. The van der Waals surface area contributed by atoms with Crippen molar-refractivity contribution in [2.45, 2.75) is 6.04 Å². The lowest BCUT2D eigenvalue weighted by Gasteiger charge is -2.39. The van der Waals surface area contributed by atoms with Gasteiger partial charge in [-0.3, -0.25) is 10.7 Å². The first-order valence-electron chi connectivity index (χ1n) is 7.58. The second kappa shape index (κ2) is 7.09. The average Bonchev–Trinajstić information content (AvgIpc) is 2.84. The quantitative estimate of drug-likeness (QED) is 0.625. The molecule has 0 atom stereocenters. The van der Waals surface area contributed by atoms with E-state index in [2.05, 4.69) is 27.4 Å². The Balaban J connectivity index is 1.54. The molecule has 0 unspecified atom stereocenters. The molecule has 0 bridgehead atoms. The van der Waals surface area contributed by atoms with Gasteiger partial charge in [0.25, 0.3) is 0 Å². The fourth-order valence-corrected chi connectivity index (χ4v) is 2.93. The Labute approximate surface area is 125 Å². The van der Waals surface area contributed by atoms with Gasteiger partial charge in [-0.05, 0) is 24.3 Å². The Morgan fingerprint density at radius 3 is 2.14 bits per heavy atom. The van der Waals surface area contributed by atoms with Crippen molar-refractivity contribution in [1.29, 1.82) is 0 Å². The normalized spacial score (nSPS) is 22.0. The summed E-state index contributed by atoms with van der Waals surface area (Å²) in [6.45, 7) is 7.18. The molecule has 21 heavy (non-hydrogen) atoms. The van der Waals surface area contributed by atoms with Gasteiger partial charge in [-0.15, -0.1) is 0 Å². The van der Waals surface area contributed by atoms with Crippen LogP contribution in [0.1, 0.15) is 0 Å². The molecule has 2 fully saturated rings. The molecule has 6 heteroatoms. The van der Waals surface area contributed by atoms with Gasteiger partial charge < -0.3 is 19.8 Å². The highest BCUT2D eigenvalue weighted by Gasteiger charge is 2.25. The molecule has 2 aliphatic heterocycles. The highest BCUT2D eigenvalue weighted by Crippen LogP contribution is 2.20. The van der Waals surface area contributed by atoms with Crippen LogP contribution < -0.4 is 16.2 Å². The summed E-state index contributed by atoms with van der Waals surface area (Å²) in [6, 6.07) is 8.65. The number of ether oxygens (including phenoxy) is 2. The van der Waals surface area contributed by atoms with Crippen LogP contribution >= 0.6 is 0 Å². The van der Waals surface area contributed by atoms with E-state index >= 15 is 0 Å². The van der Waals surface area contributed by atoms with E-state index in [4.69, 9.17) is 15.3 Å². The minimum absolute atomic E-state index is 0.401. The van der Waals surface area contributed by atoms with Crippen molar-refractivity contribution < 1.29 is 9.47 Å². The molecule has 0 aliphatic carbocycles. The second-order valence-corrected chi connectivity index (χ2v) is 5.52. The maximum Gasteiger partial charge on any atom is 0.0701 e. The largest absolute Gasteiger partial charge is 0.377 e. The molecule has 3 rings (SSSR count). The average molecular weight is 292 g/mol. The molecule has 0 aromatic heterocycles. The zero-order valence-corrected chi connectivity index (χ0v) is 12.3. The Bertz CT molecular complexity index is 424. The van der Waals surface area contributed by atoms with Gasteiger partial charge in [0.1, 0.15) is 0 Å². The monoisotopic (exact) mass is 292 g/mol. The van der Waals surface area contributed by atoms with Crippen molar-refractivity contribution >= 4 is 11.4 Å². The first kappa shape index (κ1) is 14.6. The number of nitrogens with one attached hydrogen (secondary N) is 1. The van der Waals surface area contributed by atoms with E-state index in [1.54, 1.807) is 0 Å². The molecular weight excluding hydrogens is 268 g/mol. The van der Waals surface area contributed by atoms with Crippen molar-refractivity contribution in [3.05, 3.63) is 24.3 Å². The van der Waals surface area contributed by atoms with Gasteiger partial charge in [0.15, 0.2) is 0 Å². The summed E-state index contributed by atoms with van der Waals surface area (Å²) in [6.07, 6.45) is 0. The number of nitrogens with zero attached hydrogens (tertiary/aromatic N) is 2. The minimum atomic E-state index is 0.401. The van der Waals surface area contributed by atoms with Crippen molar-refractivity contribution in [2.24, 2.45) is 5.84 Å². The van der Waals surface area contributed by atoms with E-state index in [1.807, 2.05) is 12.1 Å². The van der Waals surface area contributed by atoms with Gasteiger partial charge >= 0.3 is 0 Å². The minimum Gasteiger partial charge on any atom is -0.377 e. The summed E-state index contributed by atoms with van der Waals surface area (Å²) in [5, 5.41) is 0. The Hall–Kier alpha value is -1.34. The molecule has 2 saturated heterocycles. The third-order valence-electron chi connectivity index (χ3n) is 4.22. The number of nitrogens with two attached hydrogens (primary N) is 1. The number of hydrazine groups is 1. The summed E-state index contributed by atoms with van der Waals surface area (Å²) in [4.78, 5) is 4.90. The number of anilines is 2. The zero-order valence-electron chi connectivity index (χ0n) is 12.3. The van der Waals surface area contributed by atoms with Crippen LogP contribution in [0.4, 0.5) is 11.4 Å². The maximum absolute atomic E-state index is 5.60. The van der Waals surface area contributed by atoms with Gasteiger partial charge in [0.05, 0.1) is 32.5 Å². The summed E-state index contributed by atoms with van der Waals surface area (Å²) in [5.41, 5.74) is 4.85. The molecule has 2 heterocycles. The highest BCUT2D eigenvalue weighted by molar-refractivity contribution is 5.54. The van der Waals surface area contributed by atoms with E-state index in [0.29, 0.717) is 6.04 Å². The number of nitrogen functional groups attached to an aromatic ring is 1. The van der Waals surface area contributed by atoms with Crippen LogP contribution in [-0.2, 0) is 9.47 Å². The first-order valence-corrected chi connectivity index (χ1v) is 7.58. The molecule has 1 aromatic rings. The van der Waals surface area contributed by atoms with E-state index in [1.165, 1.54) is 5.69 Å². The standard InChI is InChI=1S/C15H24N4O2/c16-17-13-1-3-14(4-2-13)18-5-7-19(8-6-18)15-11-20-9-10-21-12-15/h1-4,15,17H,5-12,16H2. The fraction of sp³-hybridized carbons (Fsp3) is 0.600. The SMILES string of the molecule is NNc1ccc(N2CCN(C3COCCOC3)CC2)cc1. The molecular formula is C15H24N4O2. The third-order valence-corrected chi connectivity index (χ3v) is 4.22. The van der Waals surface area contributed by atoms with E-state index < -0.39 is 0 Å². The Kier molecular flexibility index (Phi) is 4.92. The number of hydrogen-bond acceptors (Lipinski definition) is 6. The molecule has 0 spiro atoms. The predicted octanol–water partition coefficient (Wildman–Crippen LogP) is 0.510. The summed E-state index contributed by atoms with van der Waals surface area (Å²) in [5.74, 6) is 5.40. The topological polar surface area (TPSA) is 63.0 Å². The van der Waals surface area contributed by atoms with Gasteiger partial charge in [0.2, 0.25) is 0 Å². The van der Waals surface area contributed by atoms with Crippen molar-refractivity contribution in [3.63, 3.8) is 0 Å². The molecule has 116 valence electrons. The van der Waals surface area contributed by atoms with E-state index in [0.717, 1.165) is 58.3 Å². The molecule has 2 aliphatic rings. The van der Waals surface area contributed by atoms with Crippen molar-refractivity contribution in [3.8, 4) is 0 Å². The summed E-state index contributed by atoms with van der Waals surface area (Å²) >= 11 is 0. The lowest BCUT2D eigenvalue weighted by Crippen LogP contribution is -2.52. The van der Waals surface area contributed by atoms with Crippen LogP contribution in [0.15, 0.2) is 24.3 Å².